The average molecular weight is 265 g/mol. The van der Waals surface area contributed by atoms with Gasteiger partial charge in [0.25, 0.3) is 0 Å². The molecule has 0 aliphatic rings. The molecule has 0 saturated carbocycles. The van der Waals surface area contributed by atoms with Crippen LogP contribution in [-0.4, -0.2) is 11.3 Å². The first kappa shape index (κ1) is 13.6. The lowest BCUT2D eigenvalue weighted by Gasteiger charge is -2.13. The minimum Gasteiger partial charge on any atom is -0.388 e. The molecule has 1 aromatic rings. The van der Waals surface area contributed by atoms with Gasteiger partial charge in [0.05, 0.1) is 18.2 Å². The number of halogens is 4. The molecule has 17 heavy (non-hydrogen) atoms. The van der Waals surface area contributed by atoms with Gasteiger partial charge in [-0.2, -0.15) is 5.26 Å². The molecule has 0 saturated heterocycles. The fraction of sp³-hybridized carbons (Fsp3) is 0.400. The average Bonchev–Trinajstić information content (AvgIpc) is 2.21. The van der Waals surface area contributed by atoms with Gasteiger partial charge < -0.3 is 4.74 Å². The van der Waals surface area contributed by atoms with Crippen molar-refractivity contribution in [3.8, 4) is 11.9 Å². The Kier molecular flexibility index (Phi) is 4.18. The van der Waals surface area contributed by atoms with Crippen LogP contribution in [0.5, 0.6) is 5.88 Å². The molecule has 0 N–H and O–H groups in total. The number of pyridine rings is 1. The molecule has 0 spiro atoms. The van der Waals surface area contributed by atoms with Gasteiger partial charge in [-0.1, -0.05) is 0 Å². The van der Waals surface area contributed by atoms with Gasteiger partial charge in [-0.3, -0.25) is 0 Å². The molecule has 0 fully saturated rings. The van der Waals surface area contributed by atoms with Gasteiger partial charge in [0.15, 0.2) is 0 Å². The zero-order valence-corrected chi connectivity index (χ0v) is 9.56. The number of hydrogen-bond donors (Lipinski definition) is 0. The van der Waals surface area contributed by atoms with Gasteiger partial charge in [0.1, 0.15) is 0 Å². The van der Waals surface area contributed by atoms with Gasteiger partial charge in [-0.15, -0.1) is 24.8 Å². The highest BCUT2D eigenvalue weighted by Crippen LogP contribution is 2.26. The van der Waals surface area contributed by atoms with E-state index in [9.17, 15) is 13.2 Å². The van der Waals surface area contributed by atoms with Crippen LogP contribution in [0.1, 0.15) is 16.8 Å². The molecular weight excluding hydrogens is 257 g/mol. The summed E-state index contributed by atoms with van der Waals surface area (Å²) >= 11 is 5.61. The second-order valence-electron chi connectivity index (χ2n) is 3.23. The Morgan fingerprint density at radius 3 is 2.65 bits per heavy atom. The first-order chi connectivity index (χ1) is 7.87. The van der Waals surface area contributed by atoms with Crippen LogP contribution in [0, 0.1) is 18.3 Å². The molecule has 1 rings (SSSR count). The molecule has 3 nitrogen and oxygen atoms in total. The van der Waals surface area contributed by atoms with Gasteiger partial charge in [-0.05, 0) is 18.6 Å². The van der Waals surface area contributed by atoms with E-state index in [0.29, 0.717) is 5.56 Å². The SMILES string of the molecule is Cc1cc(CCl)c(CC#N)nc1OC(F)(F)F. The van der Waals surface area contributed by atoms with Crippen LogP contribution < -0.4 is 4.74 Å². The number of nitrogens with zero attached hydrogens (tertiary/aromatic N) is 2. The fourth-order valence-corrected chi connectivity index (χ4v) is 1.48. The minimum absolute atomic E-state index is 0.0805. The summed E-state index contributed by atoms with van der Waals surface area (Å²) < 4.78 is 40.0. The number of rotatable bonds is 3. The van der Waals surface area contributed by atoms with E-state index in [0.717, 1.165) is 0 Å². The molecule has 0 unspecified atom stereocenters. The summed E-state index contributed by atoms with van der Waals surface area (Å²) in [5.41, 5.74) is 0.951. The van der Waals surface area contributed by atoms with E-state index in [1.165, 1.54) is 13.0 Å². The molecule has 1 aromatic heterocycles. The van der Waals surface area contributed by atoms with E-state index < -0.39 is 12.2 Å². The molecule has 0 aliphatic heterocycles. The molecule has 0 aromatic carbocycles. The maximum Gasteiger partial charge on any atom is 0.574 e. The second kappa shape index (κ2) is 5.23. The number of aromatic nitrogens is 1. The van der Waals surface area contributed by atoms with Gasteiger partial charge in [0, 0.05) is 11.4 Å². The van der Waals surface area contributed by atoms with Crippen LogP contribution in [0.15, 0.2) is 6.07 Å². The van der Waals surface area contributed by atoms with Crippen molar-refractivity contribution in [2.45, 2.75) is 25.6 Å². The van der Waals surface area contributed by atoms with Crippen LogP contribution in [0.2, 0.25) is 0 Å². The highest BCUT2D eigenvalue weighted by Gasteiger charge is 2.32. The Morgan fingerprint density at radius 2 is 2.18 bits per heavy atom. The Bertz CT molecular complexity index is 454. The number of ether oxygens (including phenoxy) is 1. The number of aryl methyl sites for hydroxylation is 1. The number of hydrogen-bond acceptors (Lipinski definition) is 3. The van der Waals surface area contributed by atoms with Crippen molar-refractivity contribution in [1.82, 2.24) is 4.98 Å². The normalized spacial score (nSPS) is 11.1. The van der Waals surface area contributed by atoms with Gasteiger partial charge in [-0.25, -0.2) is 4.98 Å². The summed E-state index contributed by atoms with van der Waals surface area (Å²) in [5.74, 6) is -0.464. The molecule has 0 aliphatic carbocycles. The van der Waals surface area contributed by atoms with Crippen molar-refractivity contribution in [3.05, 3.63) is 22.9 Å². The lowest BCUT2D eigenvalue weighted by Crippen LogP contribution is -2.19. The highest BCUT2D eigenvalue weighted by molar-refractivity contribution is 6.17. The molecule has 0 radical (unpaired) electrons. The van der Waals surface area contributed by atoms with E-state index >= 15 is 0 Å². The lowest BCUT2D eigenvalue weighted by molar-refractivity contribution is -0.276. The first-order valence-corrected chi connectivity index (χ1v) is 5.09. The zero-order valence-electron chi connectivity index (χ0n) is 8.81. The van der Waals surface area contributed by atoms with Crippen molar-refractivity contribution in [2.75, 3.05) is 0 Å². The van der Waals surface area contributed by atoms with Gasteiger partial charge >= 0.3 is 6.36 Å². The van der Waals surface area contributed by atoms with Crippen molar-refractivity contribution >= 4 is 11.6 Å². The van der Waals surface area contributed by atoms with Crippen LogP contribution in [0.3, 0.4) is 0 Å². The fourth-order valence-electron chi connectivity index (χ4n) is 1.25. The maximum atomic E-state index is 12.1. The summed E-state index contributed by atoms with van der Waals surface area (Å²) in [4.78, 5) is 3.67. The van der Waals surface area contributed by atoms with Crippen LogP contribution in [-0.2, 0) is 12.3 Å². The third-order valence-electron chi connectivity index (χ3n) is 1.94. The van der Waals surface area contributed by atoms with E-state index in [4.69, 9.17) is 16.9 Å². The molecular formula is C10H8ClF3N2O. The summed E-state index contributed by atoms with van der Waals surface area (Å²) in [6.45, 7) is 1.43. The predicted octanol–water partition coefficient (Wildman–Crippen LogP) is 3.09. The summed E-state index contributed by atoms with van der Waals surface area (Å²) in [5, 5.41) is 8.54. The van der Waals surface area contributed by atoms with Crippen molar-refractivity contribution in [2.24, 2.45) is 0 Å². The predicted molar refractivity (Wildman–Crippen MR) is 54.5 cm³/mol. The summed E-state index contributed by atoms with van der Waals surface area (Å²) in [7, 11) is 0. The van der Waals surface area contributed by atoms with Crippen molar-refractivity contribution < 1.29 is 17.9 Å². The van der Waals surface area contributed by atoms with E-state index in [1.807, 2.05) is 6.07 Å². The topological polar surface area (TPSA) is 45.9 Å². The molecule has 0 amide bonds. The molecule has 7 heteroatoms. The molecule has 0 atom stereocenters. The largest absolute Gasteiger partial charge is 0.574 e. The zero-order chi connectivity index (χ0) is 13.1. The molecule has 0 bridgehead atoms. The van der Waals surface area contributed by atoms with E-state index in [-0.39, 0.29) is 23.6 Å². The van der Waals surface area contributed by atoms with Crippen molar-refractivity contribution in [1.29, 1.82) is 5.26 Å². The first-order valence-electron chi connectivity index (χ1n) is 4.55. The Hall–Kier alpha value is -1.48. The summed E-state index contributed by atoms with van der Waals surface area (Å²) in [6.07, 6.45) is -4.92. The Labute approximate surface area is 101 Å². The maximum absolute atomic E-state index is 12.1. The van der Waals surface area contributed by atoms with Crippen LogP contribution in [0.4, 0.5) is 13.2 Å². The van der Waals surface area contributed by atoms with E-state index in [1.54, 1.807) is 0 Å². The second-order valence-corrected chi connectivity index (χ2v) is 3.50. The molecule has 1 heterocycles. The quantitative estimate of drug-likeness (QED) is 0.788. The van der Waals surface area contributed by atoms with E-state index in [2.05, 4.69) is 9.72 Å². The lowest BCUT2D eigenvalue weighted by atomic mass is 10.1. The third kappa shape index (κ3) is 3.79. The van der Waals surface area contributed by atoms with Crippen LogP contribution in [0.25, 0.3) is 0 Å². The molecule has 92 valence electrons. The standard InChI is InChI=1S/C10H8ClF3N2O/c1-6-4-7(5-11)8(2-3-15)16-9(6)17-10(12,13)14/h4H,2,5H2,1H3. The minimum atomic E-state index is -4.80. The third-order valence-corrected chi connectivity index (χ3v) is 2.23. The van der Waals surface area contributed by atoms with Crippen LogP contribution >= 0.6 is 11.6 Å². The van der Waals surface area contributed by atoms with Crippen molar-refractivity contribution in [3.63, 3.8) is 0 Å². The smallest absolute Gasteiger partial charge is 0.388 e. The Balaban J connectivity index is 3.16. The highest BCUT2D eigenvalue weighted by atomic mass is 35.5. The summed E-state index contributed by atoms with van der Waals surface area (Å²) in [6, 6.07) is 3.25. The Morgan fingerprint density at radius 1 is 1.53 bits per heavy atom. The monoisotopic (exact) mass is 264 g/mol. The van der Waals surface area contributed by atoms with Gasteiger partial charge in [0.2, 0.25) is 5.88 Å². The number of alkyl halides is 4. The number of nitriles is 1.